The predicted molar refractivity (Wildman–Crippen MR) is 82.0 cm³/mol. The maximum absolute atomic E-state index is 10.2. The number of hydrogen-bond donors (Lipinski definition) is 1. The summed E-state index contributed by atoms with van der Waals surface area (Å²) >= 11 is 0. The number of carbonyl (C=O) groups is 1. The Morgan fingerprint density at radius 1 is 1.30 bits per heavy atom. The number of rotatable bonds is 4. The largest absolute Gasteiger partial charge is 0.317 e. The first kappa shape index (κ1) is 16.5. The van der Waals surface area contributed by atoms with E-state index in [4.69, 9.17) is 0 Å². The number of aldehydes is 1. The molecule has 0 saturated heterocycles. The molecule has 2 atom stereocenters. The molecule has 20 heavy (non-hydrogen) atoms. The van der Waals surface area contributed by atoms with Crippen LogP contribution in [-0.2, 0) is 0 Å². The highest BCUT2D eigenvalue weighted by atomic mass is 16.3. The minimum atomic E-state index is 0.492. The third kappa shape index (κ3) is 5.21. The molecule has 110 valence electrons. The number of carbonyl (C=O) groups excluding carboxylic acids is 1. The second kappa shape index (κ2) is 9.37. The summed E-state index contributed by atoms with van der Waals surface area (Å²) in [5.41, 5.74) is 1.81. The monoisotopic (exact) mass is 276 g/mol. The Bertz CT molecular complexity index is 421. The van der Waals surface area contributed by atoms with E-state index in [1.54, 1.807) is 0 Å². The minimum Gasteiger partial charge on any atom is -0.317 e. The maximum Gasteiger partial charge on any atom is 0.150 e. The predicted octanol–water partition coefficient (Wildman–Crippen LogP) is 3.34. The molecule has 1 aromatic rings. The molecular weight excluding hydrogens is 252 g/mol. The molecule has 0 spiro atoms. The number of nitroso groups, excluding NO2 is 1. The van der Waals surface area contributed by atoms with Gasteiger partial charge in [0, 0.05) is 11.6 Å². The molecule has 0 heterocycles. The van der Waals surface area contributed by atoms with Gasteiger partial charge in [0.15, 0.2) is 0 Å². The normalized spacial score (nSPS) is 21.5. The fraction of sp³-hybridized carbons (Fsp3) is 0.562. The lowest BCUT2D eigenvalue weighted by Crippen LogP contribution is -2.37. The van der Waals surface area contributed by atoms with Crippen LogP contribution in [0.1, 0.15) is 41.6 Å². The summed E-state index contributed by atoms with van der Waals surface area (Å²) in [5, 5.41) is 6.21. The van der Waals surface area contributed by atoms with Gasteiger partial charge in [-0.25, -0.2) is 0 Å². The van der Waals surface area contributed by atoms with Crippen molar-refractivity contribution >= 4 is 6.29 Å². The van der Waals surface area contributed by atoms with Crippen molar-refractivity contribution in [2.45, 2.75) is 38.6 Å². The molecule has 0 bridgehead atoms. The fourth-order valence-corrected chi connectivity index (χ4v) is 2.62. The van der Waals surface area contributed by atoms with Crippen LogP contribution in [0.4, 0.5) is 0 Å². The lowest BCUT2D eigenvalue weighted by molar-refractivity contribution is 0.112. The van der Waals surface area contributed by atoms with E-state index >= 15 is 0 Å². The average Bonchev–Trinajstić information content (AvgIpc) is 2.49. The topological polar surface area (TPSA) is 58.5 Å². The highest BCUT2D eigenvalue weighted by Gasteiger charge is 2.23. The van der Waals surface area contributed by atoms with E-state index in [0.717, 1.165) is 23.8 Å². The van der Waals surface area contributed by atoms with E-state index in [1.807, 2.05) is 38.2 Å². The van der Waals surface area contributed by atoms with Crippen molar-refractivity contribution in [3.8, 4) is 0 Å². The van der Waals surface area contributed by atoms with Crippen LogP contribution in [0.25, 0.3) is 0 Å². The molecule has 0 aliphatic heterocycles. The standard InChI is InChI=1S/C8H16N2O.C8H8O/c1-9-8-5-3-2-4-7(8)6-10-11;1-7-4-2-3-5-8(7)6-9/h7-9H,2-6H2,1H3;2-6H,1H3. The van der Waals surface area contributed by atoms with Gasteiger partial charge in [0.2, 0.25) is 0 Å². The van der Waals surface area contributed by atoms with Crippen molar-refractivity contribution in [2.75, 3.05) is 13.6 Å². The highest BCUT2D eigenvalue weighted by Crippen LogP contribution is 2.24. The Hall–Kier alpha value is -1.55. The quantitative estimate of drug-likeness (QED) is 0.677. The smallest absolute Gasteiger partial charge is 0.150 e. The van der Waals surface area contributed by atoms with E-state index < -0.39 is 0 Å². The molecule has 4 heteroatoms. The molecule has 1 aromatic carbocycles. The fourth-order valence-electron chi connectivity index (χ4n) is 2.62. The molecule has 0 radical (unpaired) electrons. The number of hydrogen-bond acceptors (Lipinski definition) is 4. The molecule has 1 N–H and O–H groups in total. The van der Waals surface area contributed by atoms with Crippen LogP contribution in [0.3, 0.4) is 0 Å². The number of nitrogens with one attached hydrogen (secondary N) is 1. The summed E-state index contributed by atoms with van der Waals surface area (Å²) in [5.74, 6) is 0.492. The summed E-state index contributed by atoms with van der Waals surface area (Å²) in [4.78, 5) is 20.3. The van der Waals surface area contributed by atoms with Crippen LogP contribution in [0.15, 0.2) is 29.4 Å². The number of nitrogens with zero attached hydrogens (tertiary/aromatic N) is 1. The second-order valence-corrected chi connectivity index (χ2v) is 5.23. The van der Waals surface area contributed by atoms with Gasteiger partial charge in [-0.15, -0.1) is 0 Å². The zero-order chi connectivity index (χ0) is 14.8. The van der Waals surface area contributed by atoms with Crippen LogP contribution >= 0.6 is 0 Å². The third-order valence-corrected chi connectivity index (χ3v) is 3.90. The number of aryl methyl sites for hydroxylation is 1. The summed E-state index contributed by atoms with van der Waals surface area (Å²) in [6, 6.07) is 8.03. The first-order chi connectivity index (χ1) is 9.72. The van der Waals surface area contributed by atoms with Gasteiger partial charge in [0.05, 0.1) is 6.54 Å². The van der Waals surface area contributed by atoms with Gasteiger partial charge in [-0.05, 0) is 38.3 Å². The van der Waals surface area contributed by atoms with Gasteiger partial charge in [-0.3, -0.25) is 4.79 Å². The summed E-state index contributed by atoms with van der Waals surface area (Å²) in [6.07, 6.45) is 5.79. The molecule has 0 aromatic heterocycles. The van der Waals surface area contributed by atoms with Crippen molar-refractivity contribution in [3.05, 3.63) is 40.3 Å². The van der Waals surface area contributed by atoms with Crippen LogP contribution < -0.4 is 5.32 Å². The third-order valence-electron chi connectivity index (χ3n) is 3.90. The molecule has 2 unspecified atom stereocenters. The van der Waals surface area contributed by atoms with E-state index in [0.29, 0.717) is 18.5 Å². The van der Waals surface area contributed by atoms with Crippen molar-refractivity contribution in [1.82, 2.24) is 5.32 Å². The SMILES string of the molecule is CNC1CCCCC1CN=O.Cc1ccccc1C=O. The summed E-state index contributed by atoms with van der Waals surface area (Å²) < 4.78 is 0. The molecular formula is C16H24N2O2. The van der Waals surface area contributed by atoms with Gasteiger partial charge in [0.1, 0.15) is 6.29 Å². The Labute approximate surface area is 120 Å². The van der Waals surface area contributed by atoms with Crippen molar-refractivity contribution in [1.29, 1.82) is 0 Å². The van der Waals surface area contributed by atoms with Gasteiger partial charge in [-0.1, -0.05) is 42.3 Å². The summed E-state index contributed by atoms with van der Waals surface area (Å²) in [7, 11) is 1.97. The van der Waals surface area contributed by atoms with E-state index in [9.17, 15) is 9.70 Å². The van der Waals surface area contributed by atoms with Crippen molar-refractivity contribution in [2.24, 2.45) is 11.1 Å². The Balaban J connectivity index is 0.000000204. The van der Waals surface area contributed by atoms with Gasteiger partial charge in [-0.2, -0.15) is 4.91 Å². The average molecular weight is 276 g/mol. The van der Waals surface area contributed by atoms with Crippen molar-refractivity contribution < 1.29 is 4.79 Å². The molecule has 2 rings (SSSR count). The molecule has 1 aliphatic carbocycles. The Morgan fingerprint density at radius 3 is 2.55 bits per heavy atom. The van der Waals surface area contributed by atoms with Crippen LogP contribution in [0.2, 0.25) is 0 Å². The summed E-state index contributed by atoms with van der Waals surface area (Å²) in [6.45, 7) is 2.41. The molecule has 1 saturated carbocycles. The van der Waals surface area contributed by atoms with Gasteiger partial charge in [0.25, 0.3) is 0 Å². The zero-order valence-corrected chi connectivity index (χ0v) is 12.3. The second-order valence-electron chi connectivity index (χ2n) is 5.23. The molecule has 0 amide bonds. The van der Waals surface area contributed by atoms with Gasteiger partial charge < -0.3 is 5.32 Å². The van der Waals surface area contributed by atoms with E-state index in [-0.39, 0.29) is 0 Å². The molecule has 1 fully saturated rings. The van der Waals surface area contributed by atoms with E-state index in [2.05, 4.69) is 10.5 Å². The zero-order valence-electron chi connectivity index (χ0n) is 12.3. The number of benzene rings is 1. The minimum absolute atomic E-state index is 0.492. The maximum atomic E-state index is 10.2. The Morgan fingerprint density at radius 2 is 2.00 bits per heavy atom. The van der Waals surface area contributed by atoms with Crippen LogP contribution in [0, 0.1) is 17.7 Å². The van der Waals surface area contributed by atoms with Gasteiger partial charge >= 0.3 is 0 Å². The molecule has 1 aliphatic rings. The van der Waals surface area contributed by atoms with Crippen molar-refractivity contribution in [3.63, 3.8) is 0 Å². The lowest BCUT2D eigenvalue weighted by atomic mass is 9.85. The van der Waals surface area contributed by atoms with Crippen LogP contribution in [-0.4, -0.2) is 25.9 Å². The van der Waals surface area contributed by atoms with E-state index in [1.165, 1.54) is 19.3 Å². The lowest BCUT2D eigenvalue weighted by Gasteiger charge is -2.29. The Kier molecular flexibility index (Phi) is 7.73. The highest BCUT2D eigenvalue weighted by molar-refractivity contribution is 5.76. The molecule has 4 nitrogen and oxygen atoms in total. The van der Waals surface area contributed by atoms with Crippen LogP contribution in [0.5, 0.6) is 0 Å². The first-order valence-electron chi connectivity index (χ1n) is 7.20. The first-order valence-corrected chi connectivity index (χ1v) is 7.20.